The van der Waals surface area contributed by atoms with Gasteiger partial charge in [-0.1, -0.05) is 26.0 Å². The first-order valence-electron chi connectivity index (χ1n) is 10.9. The minimum Gasteiger partial charge on any atom is -0.349 e. The number of Topliss-reactive ketones (excluding diaryl/α,β-unsaturated/α-hetero) is 1. The molecule has 28 heavy (non-hydrogen) atoms. The second-order valence-electron chi connectivity index (χ2n) is 9.97. The summed E-state index contributed by atoms with van der Waals surface area (Å²) in [6.07, 6.45) is 12.3. The number of carbonyl (C=O) groups is 2. The normalized spacial score (nSPS) is 44.2. The van der Waals surface area contributed by atoms with Gasteiger partial charge in [0.05, 0.1) is 0 Å². The van der Waals surface area contributed by atoms with Gasteiger partial charge in [-0.05, 0) is 79.9 Å². The van der Waals surface area contributed by atoms with Gasteiger partial charge >= 0.3 is 0 Å². The van der Waals surface area contributed by atoms with Crippen LogP contribution in [-0.4, -0.2) is 22.7 Å². The number of rotatable bonds is 2. The van der Waals surface area contributed by atoms with Crippen LogP contribution in [0.5, 0.6) is 0 Å². The minimum atomic E-state index is 0.0568. The fraction of sp³-hybridized carbons (Fsp3) is 0.625. The predicted octanol–water partition coefficient (Wildman–Crippen LogP) is 4.18. The van der Waals surface area contributed by atoms with Gasteiger partial charge in [0.1, 0.15) is 5.69 Å². The summed E-state index contributed by atoms with van der Waals surface area (Å²) in [4.78, 5) is 29.5. The van der Waals surface area contributed by atoms with Gasteiger partial charge in [0.25, 0.3) is 0 Å². The van der Waals surface area contributed by atoms with Crippen LogP contribution in [0.25, 0.3) is 0 Å². The quantitative estimate of drug-likeness (QED) is 0.786. The summed E-state index contributed by atoms with van der Waals surface area (Å²) in [7, 11) is 0. The number of amides is 1. The Balaban J connectivity index is 1.44. The molecule has 0 saturated heterocycles. The van der Waals surface area contributed by atoms with Gasteiger partial charge < -0.3 is 5.32 Å². The molecule has 3 fully saturated rings. The Morgan fingerprint density at radius 2 is 1.96 bits per heavy atom. The topological polar surface area (TPSA) is 59.1 Å². The molecule has 0 radical (unpaired) electrons. The van der Waals surface area contributed by atoms with Gasteiger partial charge in [0.2, 0.25) is 5.91 Å². The molecule has 1 aromatic rings. The minimum absolute atomic E-state index is 0.0568. The molecule has 3 aliphatic carbocycles. The van der Waals surface area contributed by atoms with E-state index in [1.165, 1.54) is 6.42 Å². The van der Waals surface area contributed by atoms with E-state index in [9.17, 15) is 9.59 Å². The Morgan fingerprint density at radius 1 is 1.11 bits per heavy atom. The average molecular weight is 379 g/mol. The molecule has 3 saturated carbocycles. The van der Waals surface area contributed by atoms with Crippen molar-refractivity contribution in [3.05, 3.63) is 42.2 Å². The van der Waals surface area contributed by atoms with Crippen LogP contribution in [0.3, 0.4) is 0 Å². The number of carbonyl (C=O) groups excluding carboxylic acids is 2. The van der Waals surface area contributed by atoms with Crippen LogP contribution in [0.4, 0.5) is 0 Å². The van der Waals surface area contributed by atoms with Crippen molar-refractivity contribution in [2.24, 2.45) is 34.5 Å². The smallest absolute Gasteiger partial charge is 0.243 e. The summed E-state index contributed by atoms with van der Waals surface area (Å²) in [5.74, 6) is 2.26. The summed E-state index contributed by atoms with van der Waals surface area (Å²) >= 11 is 0. The van der Waals surface area contributed by atoms with Gasteiger partial charge in [-0.25, -0.2) is 0 Å². The molecule has 2 unspecified atom stereocenters. The number of hydrogen-bond donors (Lipinski definition) is 1. The summed E-state index contributed by atoms with van der Waals surface area (Å²) in [5.41, 5.74) is 0.770. The fourth-order valence-electron chi connectivity index (χ4n) is 7.45. The molecular weight excluding hydrogens is 348 g/mol. The Hall–Kier alpha value is -1.97. The molecule has 7 atom stereocenters. The molecule has 2 heterocycles. The van der Waals surface area contributed by atoms with Gasteiger partial charge in [0, 0.05) is 23.6 Å². The Morgan fingerprint density at radius 3 is 2.75 bits per heavy atom. The molecule has 1 amide bonds. The van der Waals surface area contributed by atoms with Gasteiger partial charge in [-0.2, -0.15) is 0 Å². The van der Waals surface area contributed by atoms with Crippen LogP contribution >= 0.6 is 0 Å². The molecule has 1 N–H and O–H groups in total. The maximum atomic E-state index is 13.3. The molecule has 1 aliphatic heterocycles. The van der Waals surface area contributed by atoms with Crippen LogP contribution in [-0.2, 0) is 4.79 Å². The first kappa shape index (κ1) is 18.1. The van der Waals surface area contributed by atoms with E-state index in [0.29, 0.717) is 23.4 Å². The number of aromatic nitrogens is 1. The first-order chi connectivity index (χ1) is 13.4. The largest absolute Gasteiger partial charge is 0.349 e. The van der Waals surface area contributed by atoms with Crippen molar-refractivity contribution in [3.63, 3.8) is 0 Å². The van der Waals surface area contributed by atoms with Gasteiger partial charge in [-0.3, -0.25) is 14.6 Å². The van der Waals surface area contributed by atoms with Crippen molar-refractivity contribution in [3.8, 4) is 0 Å². The highest BCUT2D eigenvalue weighted by Gasteiger charge is 2.60. The molecule has 5 rings (SSSR count). The summed E-state index contributed by atoms with van der Waals surface area (Å²) in [6, 6.07) is 5.92. The zero-order valence-electron chi connectivity index (χ0n) is 16.9. The monoisotopic (exact) mass is 378 g/mol. The van der Waals surface area contributed by atoms with E-state index in [1.807, 2.05) is 18.2 Å². The highest BCUT2D eigenvalue weighted by molar-refractivity contribution is 5.96. The first-order valence-corrected chi connectivity index (χ1v) is 10.9. The van der Waals surface area contributed by atoms with E-state index in [1.54, 1.807) is 12.3 Å². The van der Waals surface area contributed by atoms with E-state index in [-0.39, 0.29) is 34.5 Å². The number of nitrogens with one attached hydrogen (secondary N) is 1. The molecule has 4 heteroatoms. The van der Waals surface area contributed by atoms with Crippen molar-refractivity contribution in [1.82, 2.24) is 10.3 Å². The summed E-state index contributed by atoms with van der Waals surface area (Å²) in [5, 5.41) is 3.22. The lowest BCUT2D eigenvalue weighted by molar-refractivity contribution is -0.122. The summed E-state index contributed by atoms with van der Waals surface area (Å²) < 4.78 is 0. The number of hydrogen-bond acceptors (Lipinski definition) is 3. The van der Waals surface area contributed by atoms with E-state index >= 15 is 0 Å². The van der Waals surface area contributed by atoms with Crippen molar-refractivity contribution >= 4 is 11.7 Å². The third kappa shape index (κ3) is 2.46. The van der Waals surface area contributed by atoms with Crippen LogP contribution in [0.15, 0.2) is 36.5 Å². The highest BCUT2D eigenvalue weighted by Crippen LogP contribution is 2.65. The molecule has 148 valence electrons. The maximum Gasteiger partial charge on any atom is 0.243 e. The lowest BCUT2D eigenvalue weighted by Gasteiger charge is -2.58. The highest BCUT2D eigenvalue weighted by atomic mass is 16.1. The number of fused-ring (bicyclic) bond motifs is 5. The predicted molar refractivity (Wildman–Crippen MR) is 108 cm³/mol. The molecule has 1 aromatic heterocycles. The van der Waals surface area contributed by atoms with Gasteiger partial charge in [-0.15, -0.1) is 0 Å². The summed E-state index contributed by atoms with van der Waals surface area (Å²) in [6.45, 7) is 4.72. The Bertz CT molecular complexity index is 834. The van der Waals surface area contributed by atoms with Crippen LogP contribution in [0.1, 0.15) is 62.9 Å². The van der Waals surface area contributed by atoms with E-state index in [2.05, 4.69) is 30.2 Å². The Labute approximate surface area is 167 Å². The molecule has 0 bridgehead atoms. The third-order valence-corrected chi connectivity index (χ3v) is 8.92. The lowest BCUT2D eigenvalue weighted by atomic mass is 9.47. The van der Waals surface area contributed by atoms with Crippen molar-refractivity contribution in [2.75, 3.05) is 0 Å². The molecule has 4 aliphatic rings. The van der Waals surface area contributed by atoms with Crippen molar-refractivity contribution in [2.45, 2.75) is 58.4 Å². The fourth-order valence-corrected chi connectivity index (χ4v) is 7.45. The second kappa shape index (κ2) is 6.27. The number of nitrogens with zero attached hydrogens (tertiary/aromatic N) is 1. The number of ketones is 1. The maximum absolute atomic E-state index is 13.3. The average Bonchev–Trinajstić information content (AvgIpc) is 3.06. The van der Waals surface area contributed by atoms with E-state index < -0.39 is 0 Å². The lowest BCUT2D eigenvalue weighted by Crippen LogP contribution is -2.59. The SMILES string of the molecule is C[C@]12C=CC(=O)NC1CC[C@@H]1[C@H]2CC[C@]2(C)C(C(=O)c3ccccn3)CC[C@@H]12. The molecule has 0 spiro atoms. The Kier molecular flexibility index (Phi) is 4.05. The number of pyridine rings is 1. The van der Waals surface area contributed by atoms with Crippen LogP contribution in [0.2, 0.25) is 0 Å². The zero-order chi connectivity index (χ0) is 19.5. The second-order valence-corrected chi connectivity index (χ2v) is 9.97. The van der Waals surface area contributed by atoms with Crippen LogP contribution in [0, 0.1) is 34.5 Å². The zero-order valence-corrected chi connectivity index (χ0v) is 16.9. The van der Waals surface area contributed by atoms with Crippen LogP contribution < -0.4 is 5.32 Å². The molecular formula is C24H30N2O2. The van der Waals surface area contributed by atoms with Crippen molar-refractivity contribution < 1.29 is 9.59 Å². The molecule has 4 nitrogen and oxygen atoms in total. The van der Waals surface area contributed by atoms with Crippen molar-refractivity contribution in [1.29, 1.82) is 0 Å². The van der Waals surface area contributed by atoms with E-state index in [0.717, 1.165) is 32.1 Å². The third-order valence-electron chi connectivity index (χ3n) is 8.92. The standard InChI is InChI=1S/C24H30N2O2/c1-23-12-10-17-15(6-9-20-24(17,2)13-11-21(27)26-20)16(23)7-8-18(23)22(28)19-5-3-4-14-25-19/h3-5,11,13-18,20H,6-10,12H2,1-2H3,(H,26,27)/t15-,16-,17+,18?,20?,23-,24+/m0/s1. The molecule has 0 aromatic carbocycles. The van der Waals surface area contributed by atoms with E-state index in [4.69, 9.17) is 0 Å². The van der Waals surface area contributed by atoms with Gasteiger partial charge in [0.15, 0.2) is 5.78 Å².